The van der Waals surface area contributed by atoms with Gasteiger partial charge in [0.15, 0.2) is 23.0 Å². The summed E-state index contributed by atoms with van der Waals surface area (Å²) in [7, 11) is 5.66. The Morgan fingerprint density at radius 1 is 0.519 bits per heavy atom. The summed E-state index contributed by atoms with van der Waals surface area (Å²) in [5, 5.41) is 81.0. The molecule has 6 rings (SSSR count). The molecular formula is C34H46O18. The van der Waals surface area contributed by atoms with E-state index in [0.717, 1.165) is 0 Å². The van der Waals surface area contributed by atoms with Crippen molar-refractivity contribution in [1.29, 1.82) is 0 Å². The molecule has 4 heterocycles. The number of rotatable bonds is 12. The van der Waals surface area contributed by atoms with Crippen molar-refractivity contribution in [3.8, 4) is 34.5 Å². The quantitative estimate of drug-likeness (QED) is 0.119. The van der Waals surface area contributed by atoms with Gasteiger partial charge in [-0.25, -0.2) is 0 Å². The Morgan fingerprint density at radius 3 is 1.13 bits per heavy atom. The fraction of sp³-hybridized carbons (Fsp3) is 0.647. The lowest BCUT2D eigenvalue weighted by molar-refractivity contribution is -0.277. The molecule has 8 N–H and O–H groups in total. The van der Waals surface area contributed by atoms with Crippen LogP contribution in [0.1, 0.15) is 23.3 Å². The first-order chi connectivity index (χ1) is 25.0. The predicted molar refractivity (Wildman–Crippen MR) is 172 cm³/mol. The van der Waals surface area contributed by atoms with Gasteiger partial charge in [-0.3, -0.25) is 0 Å². The van der Waals surface area contributed by atoms with E-state index in [1.165, 1.54) is 28.4 Å². The smallest absolute Gasteiger partial charge is 0.229 e. The Balaban J connectivity index is 1.22. The highest BCUT2D eigenvalue weighted by Gasteiger charge is 2.50. The van der Waals surface area contributed by atoms with E-state index in [2.05, 4.69) is 0 Å². The molecular weight excluding hydrogens is 696 g/mol. The first-order valence-electron chi connectivity index (χ1n) is 16.7. The van der Waals surface area contributed by atoms with Gasteiger partial charge in [-0.1, -0.05) is 0 Å². The average molecular weight is 743 g/mol. The minimum absolute atomic E-state index is 0.0541. The molecule has 52 heavy (non-hydrogen) atoms. The number of fused-ring (bicyclic) bond motifs is 1. The first kappa shape index (κ1) is 38.5. The molecule has 18 nitrogen and oxygen atoms in total. The fourth-order valence-corrected chi connectivity index (χ4v) is 7.16. The van der Waals surface area contributed by atoms with Crippen molar-refractivity contribution < 1.29 is 88.2 Å². The van der Waals surface area contributed by atoms with Gasteiger partial charge in [-0.15, -0.1) is 0 Å². The van der Waals surface area contributed by atoms with E-state index < -0.39 is 86.8 Å². The maximum absolute atomic E-state index is 10.5. The lowest BCUT2D eigenvalue weighted by atomic mass is 9.84. The zero-order chi connectivity index (χ0) is 37.4. The minimum atomic E-state index is -1.65. The molecule has 2 aromatic rings. The highest BCUT2D eigenvalue weighted by Crippen LogP contribution is 2.54. The van der Waals surface area contributed by atoms with Crippen molar-refractivity contribution in [1.82, 2.24) is 0 Å². The van der Waals surface area contributed by atoms with E-state index in [9.17, 15) is 40.9 Å². The van der Waals surface area contributed by atoms with Gasteiger partial charge in [0.1, 0.15) is 48.8 Å². The van der Waals surface area contributed by atoms with E-state index in [4.69, 9.17) is 47.4 Å². The van der Waals surface area contributed by atoms with Crippen molar-refractivity contribution in [2.75, 3.05) is 54.9 Å². The van der Waals surface area contributed by atoms with Gasteiger partial charge in [-0.05, 0) is 35.4 Å². The van der Waals surface area contributed by atoms with Crippen LogP contribution in [0.15, 0.2) is 24.3 Å². The third-order valence-electron chi connectivity index (χ3n) is 10.1. The molecule has 4 aliphatic heterocycles. The van der Waals surface area contributed by atoms with Crippen LogP contribution >= 0.6 is 0 Å². The van der Waals surface area contributed by atoms with Crippen molar-refractivity contribution >= 4 is 0 Å². The topological polar surface area (TPSA) is 254 Å². The third-order valence-corrected chi connectivity index (χ3v) is 10.1. The molecule has 18 heteroatoms. The summed E-state index contributed by atoms with van der Waals surface area (Å²) in [4.78, 5) is 0. The lowest BCUT2D eigenvalue weighted by Crippen LogP contribution is -2.60. The second-order valence-corrected chi connectivity index (χ2v) is 13.0. The molecule has 4 saturated heterocycles. The molecule has 4 aliphatic rings. The average Bonchev–Trinajstić information content (AvgIpc) is 3.78. The van der Waals surface area contributed by atoms with Gasteiger partial charge < -0.3 is 88.2 Å². The number of benzene rings is 2. The molecule has 14 atom stereocenters. The van der Waals surface area contributed by atoms with Crippen LogP contribution in [0.2, 0.25) is 0 Å². The van der Waals surface area contributed by atoms with Crippen LogP contribution in [0, 0.1) is 11.8 Å². The fourth-order valence-electron chi connectivity index (χ4n) is 7.16. The van der Waals surface area contributed by atoms with Crippen LogP contribution in [0.5, 0.6) is 34.5 Å². The molecule has 290 valence electrons. The van der Waals surface area contributed by atoms with Gasteiger partial charge >= 0.3 is 0 Å². The zero-order valence-corrected chi connectivity index (χ0v) is 28.9. The normalized spacial score (nSPS) is 37.3. The Labute approximate surface area is 298 Å². The number of hydrogen-bond acceptors (Lipinski definition) is 18. The Kier molecular flexibility index (Phi) is 11.8. The third kappa shape index (κ3) is 6.94. The number of aliphatic hydroxyl groups is 8. The summed E-state index contributed by atoms with van der Waals surface area (Å²) in [5.74, 6) is 0.683. The van der Waals surface area contributed by atoms with Gasteiger partial charge in [-0.2, -0.15) is 0 Å². The summed E-state index contributed by atoms with van der Waals surface area (Å²) in [5.41, 5.74) is 1.37. The van der Waals surface area contributed by atoms with Crippen LogP contribution in [-0.2, 0) is 18.9 Å². The number of ether oxygens (including phenoxy) is 10. The Hall–Kier alpha value is -3.24. The van der Waals surface area contributed by atoms with Gasteiger partial charge in [0.2, 0.25) is 24.1 Å². The predicted octanol–water partition coefficient (Wildman–Crippen LogP) is -1.85. The van der Waals surface area contributed by atoms with Crippen LogP contribution in [-0.4, -0.2) is 157 Å². The lowest BCUT2D eigenvalue weighted by Gasteiger charge is -2.39. The highest BCUT2D eigenvalue weighted by atomic mass is 16.7. The van der Waals surface area contributed by atoms with Crippen molar-refractivity contribution in [3.63, 3.8) is 0 Å². The molecule has 4 fully saturated rings. The molecule has 0 aromatic heterocycles. The maximum atomic E-state index is 10.5. The van der Waals surface area contributed by atoms with E-state index in [1.807, 2.05) is 0 Å². The van der Waals surface area contributed by atoms with Gasteiger partial charge in [0.05, 0.1) is 67.1 Å². The van der Waals surface area contributed by atoms with Crippen molar-refractivity contribution in [2.45, 2.75) is 73.6 Å². The molecule has 3 unspecified atom stereocenters. The molecule has 0 spiro atoms. The summed E-state index contributed by atoms with van der Waals surface area (Å²) < 4.78 is 58.0. The maximum Gasteiger partial charge on any atom is 0.229 e. The summed E-state index contributed by atoms with van der Waals surface area (Å²) in [6.45, 7) is -0.604. The molecule has 0 saturated carbocycles. The standard InChI is InChI=1S/C34H46O18/c1-43-17-5-13(6-18(44-2)31(17)51-33-27(41)25(39)23(37)21(9-35)49-33)29-15-11-48-30(16(15)12-47-29)14-7-19(45-3)32(20(8-14)46-4)52-34-28(42)26(40)24(38)22(10-36)50-34/h5-8,15-16,21-30,33-42H,9-12H2,1-4H3/t15?,16?,21-,22-,23-,24-,25-,26-,27-,28-,29-,30?,33+,34+/m1/s1. The van der Waals surface area contributed by atoms with Crippen LogP contribution in [0.3, 0.4) is 0 Å². The zero-order valence-electron chi connectivity index (χ0n) is 28.9. The molecule has 2 aromatic carbocycles. The highest BCUT2D eigenvalue weighted by molar-refractivity contribution is 5.56. The van der Waals surface area contributed by atoms with E-state index in [-0.39, 0.29) is 46.3 Å². The van der Waals surface area contributed by atoms with E-state index in [1.54, 1.807) is 24.3 Å². The van der Waals surface area contributed by atoms with Crippen LogP contribution < -0.4 is 28.4 Å². The number of aliphatic hydroxyl groups excluding tert-OH is 8. The van der Waals surface area contributed by atoms with Crippen LogP contribution in [0.4, 0.5) is 0 Å². The van der Waals surface area contributed by atoms with Crippen molar-refractivity contribution in [2.24, 2.45) is 11.8 Å². The number of hydrogen-bond donors (Lipinski definition) is 8. The van der Waals surface area contributed by atoms with Crippen molar-refractivity contribution in [3.05, 3.63) is 35.4 Å². The Morgan fingerprint density at radius 2 is 0.846 bits per heavy atom. The molecule has 0 amide bonds. The Bertz CT molecular complexity index is 1360. The SMILES string of the molecule is COc1cc(C2OCC3C2CO[C@@H]3c2cc(OC)c(O[C@@H]3O[C@H](CO)[C@@H](O)[C@@H](O)[C@H]3O)c(OC)c2)cc(OC)c1O[C@@H]1O[C@H](CO)[C@@H](O)[C@@H](O)[C@H]1O. The second-order valence-electron chi connectivity index (χ2n) is 13.0. The largest absolute Gasteiger partial charge is 0.493 e. The molecule has 0 radical (unpaired) electrons. The molecule has 0 bridgehead atoms. The summed E-state index contributed by atoms with van der Waals surface area (Å²) >= 11 is 0. The van der Waals surface area contributed by atoms with Gasteiger partial charge in [0, 0.05) is 11.8 Å². The molecule has 0 aliphatic carbocycles. The van der Waals surface area contributed by atoms with E-state index >= 15 is 0 Å². The number of methoxy groups -OCH3 is 4. The van der Waals surface area contributed by atoms with Gasteiger partial charge in [0.25, 0.3) is 0 Å². The summed E-state index contributed by atoms with van der Waals surface area (Å²) in [6, 6.07) is 6.78. The minimum Gasteiger partial charge on any atom is -0.493 e. The monoisotopic (exact) mass is 742 g/mol. The first-order valence-corrected chi connectivity index (χ1v) is 16.7. The summed E-state index contributed by atoms with van der Waals surface area (Å²) in [6.07, 6.45) is -15.9. The second kappa shape index (κ2) is 16.0. The van der Waals surface area contributed by atoms with E-state index in [0.29, 0.717) is 24.3 Å². The van der Waals surface area contributed by atoms with Crippen LogP contribution in [0.25, 0.3) is 0 Å².